The summed E-state index contributed by atoms with van der Waals surface area (Å²) >= 11 is 0. The molecule has 4 rings (SSSR count). The van der Waals surface area contributed by atoms with Gasteiger partial charge < -0.3 is 34.9 Å². The smallest absolute Gasteiger partial charge is 0.252 e. The summed E-state index contributed by atoms with van der Waals surface area (Å²) in [5.74, 6) is -2.33. The van der Waals surface area contributed by atoms with Gasteiger partial charge in [0, 0.05) is 12.0 Å². The Morgan fingerprint density at radius 2 is 1.82 bits per heavy atom. The number of nitrogens with zero attached hydrogens (tertiary/aromatic N) is 2. The highest BCUT2D eigenvalue weighted by molar-refractivity contribution is 6.11. The van der Waals surface area contributed by atoms with E-state index in [1.807, 2.05) is 0 Å². The van der Waals surface area contributed by atoms with Crippen molar-refractivity contribution in [3.63, 3.8) is 0 Å². The van der Waals surface area contributed by atoms with E-state index in [0.717, 1.165) is 9.80 Å². The van der Waals surface area contributed by atoms with Gasteiger partial charge in [-0.2, -0.15) is 0 Å². The number of nitrogens with one attached hydrogen (secondary N) is 2. The van der Waals surface area contributed by atoms with Crippen molar-refractivity contribution < 1.29 is 43.3 Å². The molecule has 0 aromatic heterocycles. The van der Waals surface area contributed by atoms with Crippen LogP contribution < -0.4 is 29.9 Å². The third-order valence-electron chi connectivity index (χ3n) is 6.09. The first kappa shape index (κ1) is 27.3. The van der Waals surface area contributed by atoms with Crippen LogP contribution in [0.4, 0.5) is 11.4 Å². The fourth-order valence-electron chi connectivity index (χ4n) is 4.30. The number of anilines is 2. The predicted octanol–water partition coefficient (Wildman–Crippen LogP) is -0.451. The average molecular weight is 539 g/mol. The molecule has 0 radical (unpaired) electrons. The largest absolute Gasteiger partial charge is 0.454 e. The lowest BCUT2D eigenvalue weighted by Crippen LogP contribution is -2.55. The molecular weight excluding hydrogens is 512 g/mol. The minimum Gasteiger partial charge on any atom is -0.454 e. The average Bonchev–Trinajstić information content (AvgIpc) is 3.36. The molecule has 2 aliphatic heterocycles. The van der Waals surface area contributed by atoms with Crippen molar-refractivity contribution >= 4 is 47.1 Å². The van der Waals surface area contributed by atoms with Crippen LogP contribution in [0.25, 0.3) is 0 Å². The Bertz CT molecular complexity index is 1330. The van der Waals surface area contributed by atoms with Gasteiger partial charge in [0.25, 0.3) is 17.7 Å². The molecule has 0 saturated heterocycles. The van der Waals surface area contributed by atoms with E-state index in [1.54, 1.807) is 18.2 Å². The molecule has 0 spiro atoms. The van der Waals surface area contributed by atoms with Crippen LogP contribution in [0.5, 0.6) is 11.5 Å². The second kappa shape index (κ2) is 11.7. The van der Waals surface area contributed by atoms with Crippen LogP contribution in [0, 0.1) is 0 Å². The highest BCUT2D eigenvalue weighted by Gasteiger charge is 2.38. The molecule has 4 amide bonds. The van der Waals surface area contributed by atoms with Gasteiger partial charge in [0.1, 0.15) is 31.3 Å². The van der Waals surface area contributed by atoms with Crippen molar-refractivity contribution in [3.8, 4) is 11.5 Å². The number of hydrogen-bond acceptors (Lipinski definition) is 9. The van der Waals surface area contributed by atoms with Crippen LogP contribution in [-0.4, -0.2) is 79.4 Å². The van der Waals surface area contributed by atoms with Gasteiger partial charge in [0.05, 0.1) is 24.0 Å². The first-order valence-corrected chi connectivity index (χ1v) is 12.0. The van der Waals surface area contributed by atoms with Gasteiger partial charge in [-0.1, -0.05) is 12.1 Å². The highest BCUT2D eigenvalue weighted by Crippen LogP contribution is 2.34. The van der Waals surface area contributed by atoms with Gasteiger partial charge in [-0.25, -0.2) is 0 Å². The zero-order valence-corrected chi connectivity index (χ0v) is 20.9. The monoisotopic (exact) mass is 538 g/mol. The zero-order valence-electron chi connectivity index (χ0n) is 20.9. The van der Waals surface area contributed by atoms with Crippen molar-refractivity contribution in [3.05, 3.63) is 48.0 Å². The predicted molar refractivity (Wildman–Crippen MR) is 135 cm³/mol. The maximum atomic E-state index is 13.7. The van der Waals surface area contributed by atoms with Crippen molar-refractivity contribution in [2.75, 3.05) is 36.3 Å². The summed E-state index contributed by atoms with van der Waals surface area (Å²) in [6.45, 7) is -0.484. The molecule has 13 nitrogen and oxygen atoms in total. The van der Waals surface area contributed by atoms with Crippen LogP contribution in [0.1, 0.15) is 23.7 Å². The van der Waals surface area contributed by atoms with E-state index < -0.39 is 48.9 Å². The molecule has 2 aliphatic rings. The van der Waals surface area contributed by atoms with Crippen LogP contribution >= 0.6 is 0 Å². The molecule has 0 unspecified atom stereocenters. The number of carbonyl (C=O) groups is 6. The summed E-state index contributed by atoms with van der Waals surface area (Å²) in [7, 11) is 0. The SMILES string of the molecule is CC(=O)C[C@@H](C=O)NC(=O)CN1C(=O)[C@@H](NC(=O)c2ccc3c(c2)OCO3)CN(C(=O)CO)c2ccccc21. The lowest BCUT2D eigenvalue weighted by Gasteiger charge is -2.25. The Morgan fingerprint density at radius 1 is 1.10 bits per heavy atom. The van der Waals surface area contributed by atoms with Gasteiger partial charge in [0.2, 0.25) is 12.7 Å². The number of aldehydes is 1. The fraction of sp³-hybridized carbons (Fsp3) is 0.308. The molecule has 204 valence electrons. The molecule has 0 saturated carbocycles. The van der Waals surface area contributed by atoms with Crippen molar-refractivity contribution in [1.29, 1.82) is 0 Å². The molecule has 0 fully saturated rings. The molecule has 0 aliphatic carbocycles. The number of amides is 4. The summed E-state index contributed by atoms with van der Waals surface area (Å²) in [5, 5.41) is 14.6. The molecule has 3 N–H and O–H groups in total. The summed E-state index contributed by atoms with van der Waals surface area (Å²) in [4.78, 5) is 77.4. The number of benzene rings is 2. The Hall–Kier alpha value is -4.78. The van der Waals surface area contributed by atoms with E-state index >= 15 is 0 Å². The molecule has 0 bridgehead atoms. The number of carbonyl (C=O) groups excluding carboxylic acids is 6. The number of aliphatic hydroxyl groups is 1. The summed E-state index contributed by atoms with van der Waals surface area (Å²) < 4.78 is 10.6. The number of hydrogen-bond donors (Lipinski definition) is 3. The van der Waals surface area contributed by atoms with Crippen molar-refractivity contribution in [1.82, 2.24) is 10.6 Å². The van der Waals surface area contributed by atoms with Gasteiger partial charge in [-0.15, -0.1) is 0 Å². The summed E-state index contributed by atoms with van der Waals surface area (Å²) in [6.07, 6.45) is 0.209. The summed E-state index contributed by atoms with van der Waals surface area (Å²) in [6, 6.07) is 8.32. The van der Waals surface area contributed by atoms with Crippen LogP contribution in [0.15, 0.2) is 42.5 Å². The maximum Gasteiger partial charge on any atom is 0.252 e. The third-order valence-corrected chi connectivity index (χ3v) is 6.09. The molecule has 39 heavy (non-hydrogen) atoms. The number of aliphatic hydroxyl groups excluding tert-OH is 1. The molecule has 2 aromatic rings. The minimum atomic E-state index is -1.32. The topological polar surface area (TPSA) is 172 Å². The second-order valence-electron chi connectivity index (χ2n) is 8.89. The summed E-state index contributed by atoms with van der Waals surface area (Å²) in [5.41, 5.74) is 0.567. The Kier molecular flexibility index (Phi) is 8.20. The van der Waals surface area contributed by atoms with Gasteiger partial charge in [-0.05, 0) is 37.3 Å². The van der Waals surface area contributed by atoms with Gasteiger partial charge >= 0.3 is 0 Å². The standard InChI is InChI=1S/C26H26N4O9/c1-15(33)8-17(12-31)27-23(34)11-30-20-5-3-2-4-19(20)29(24(35)13-32)10-18(26(30)37)28-25(36)16-6-7-21-22(9-16)39-14-38-21/h2-7,9,12,17-18,32H,8,10-11,13-14H2,1H3,(H,27,34)(H,28,36)/t17-,18-/m0/s1. The Morgan fingerprint density at radius 3 is 2.51 bits per heavy atom. The van der Waals surface area contributed by atoms with Gasteiger partial charge in [0.15, 0.2) is 11.5 Å². The number of rotatable bonds is 9. The minimum absolute atomic E-state index is 0.00636. The number of ketones is 1. The van der Waals surface area contributed by atoms with Gasteiger partial charge in [-0.3, -0.25) is 28.9 Å². The quantitative estimate of drug-likeness (QED) is 0.358. The lowest BCUT2D eigenvalue weighted by atomic mass is 10.1. The molecule has 2 atom stereocenters. The third kappa shape index (κ3) is 6.04. The van der Waals surface area contributed by atoms with Crippen molar-refractivity contribution in [2.45, 2.75) is 25.4 Å². The van der Waals surface area contributed by atoms with Crippen LogP contribution in [-0.2, 0) is 24.0 Å². The first-order valence-electron chi connectivity index (χ1n) is 12.0. The van der Waals surface area contributed by atoms with E-state index in [-0.39, 0.29) is 42.5 Å². The second-order valence-corrected chi connectivity index (χ2v) is 8.89. The normalized spacial score (nSPS) is 16.6. The van der Waals surface area contributed by atoms with Crippen LogP contribution in [0.2, 0.25) is 0 Å². The number of ether oxygens (including phenoxy) is 2. The molecule has 13 heteroatoms. The molecule has 2 aromatic carbocycles. The molecular formula is C26H26N4O9. The van der Waals surface area contributed by atoms with E-state index in [1.165, 1.54) is 31.2 Å². The number of para-hydroxylation sites is 2. The van der Waals surface area contributed by atoms with Crippen molar-refractivity contribution in [2.24, 2.45) is 0 Å². The fourth-order valence-corrected chi connectivity index (χ4v) is 4.30. The number of fused-ring (bicyclic) bond motifs is 2. The van der Waals surface area contributed by atoms with E-state index in [2.05, 4.69) is 10.6 Å². The van der Waals surface area contributed by atoms with E-state index in [4.69, 9.17) is 9.47 Å². The highest BCUT2D eigenvalue weighted by atomic mass is 16.7. The van der Waals surface area contributed by atoms with E-state index in [9.17, 15) is 33.9 Å². The van der Waals surface area contributed by atoms with E-state index in [0.29, 0.717) is 17.8 Å². The maximum absolute atomic E-state index is 13.7. The lowest BCUT2D eigenvalue weighted by molar-refractivity contribution is -0.127. The Labute approximate surface area is 222 Å². The Balaban J connectivity index is 1.64. The molecule has 2 heterocycles. The first-order chi connectivity index (χ1) is 18.7. The zero-order chi connectivity index (χ0) is 28.1. The number of Topliss-reactive ketones (excluding diaryl/α,β-unsaturated/α-hetero) is 1. The van der Waals surface area contributed by atoms with Crippen LogP contribution in [0.3, 0.4) is 0 Å².